The van der Waals surface area contributed by atoms with Crippen molar-refractivity contribution in [2.75, 3.05) is 13.6 Å². The van der Waals surface area contributed by atoms with E-state index in [0.717, 1.165) is 18.7 Å². The van der Waals surface area contributed by atoms with Gasteiger partial charge < -0.3 is 10.6 Å². The lowest BCUT2D eigenvalue weighted by molar-refractivity contribution is 0.336. The molecule has 1 aromatic carbocycles. The van der Waals surface area contributed by atoms with E-state index >= 15 is 0 Å². The second-order valence-corrected chi connectivity index (χ2v) is 4.59. The molecule has 0 aliphatic rings. The van der Waals surface area contributed by atoms with Gasteiger partial charge in [-0.15, -0.1) is 0 Å². The number of amidine groups is 1. The summed E-state index contributed by atoms with van der Waals surface area (Å²) in [5, 5.41) is 8.45. The Labute approximate surface area is 106 Å². The van der Waals surface area contributed by atoms with Gasteiger partial charge in [-0.05, 0) is 24.7 Å². The van der Waals surface area contributed by atoms with E-state index in [4.69, 9.17) is 34.3 Å². The molecular formula is C11H15Cl2N3. The van der Waals surface area contributed by atoms with Crippen LogP contribution in [-0.4, -0.2) is 24.3 Å². The molecular weight excluding hydrogens is 245 g/mol. The first-order valence-corrected chi connectivity index (χ1v) is 5.70. The largest absolute Gasteiger partial charge is 0.388 e. The minimum atomic E-state index is 0.203. The van der Waals surface area contributed by atoms with Crippen molar-refractivity contribution >= 4 is 29.0 Å². The fourth-order valence-electron chi connectivity index (χ4n) is 1.33. The molecule has 5 heteroatoms. The Morgan fingerprint density at radius 3 is 2.69 bits per heavy atom. The third-order valence-electron chi connectivity index (χ3n) is 2.22. The van der Waals surface area contributed by atoms with Crippen molar-refractivity contribution in [2.24, 2.45) is 5.73 Å². The lowest BCUT2D eigenvalue weighted by atomic mass is 10.2. The number of rotatable bonds is 5. The highest BCUT2D eigenvalue weighted by molar-refractivity contribution is 6.35. The van der Waals surface area contributed by atoms with Crippen LogP contribution in [0.15, 0.2) is 18.2 Å². The maximum absolute atomic E-state index is 7.15. The fraction of sp³-hybridized carbons (Fsp3) is 0.364. The van der Waals surface area contributed by atoms with Crippen LogP contribution >= 0.6 is 23.2 Å². The van der Waals surface area contributed by atoms with Gasteiger partial charge in [-0.25, -0.2) is 0 Å². The molecule has 0 atom stereocenters. The number of nitrogens with one attached hydrogen (secondary N) is 1. The van der Waals surface area contributed by atoms with Gasteiger partial charge in [0.25, 0.3) is 0 Å². The van der Waals surface area contributed by atoms with Gasteiger partial charge in [0.1, 0.15) is 0 Å². The van der Waals surface area contributed by atoms with E-state index in [0.29, 0.717) is 16.5 Å². The lowest BCUT2D eigenvalue weighted by Crippen LogP contribution is -2.24. The molecule has 0 saturated heterocycles. The Hall–Kier alpha value is -0.770. The molecule has 0 spiro atoms. The Kier molecular flexibility index (Phi) is 5.06. The summed E-state index contributed by atoms with van der Waals surface area (Å²) in [6.45, 7) is 1.47. The summed E-state index contributed by atoms with van der Waals surface area (Å²) in [4.78, 5) is 2.07. The van der Waals surface area contributed by atoms with Crippen molar-refractivity contribution in [1.29, 1.82) is 5.41 Å². The first-order chi connectivity index (χ1) is 7.49. The van der Waals surface area contributed by atoms with E-state index in [2.05, 4.69) is 4.90 Å². The summed E-state index contributed by atoms with van der Waals surface area (Å²) >= 11 is 11.9. The van der Waals surface area contributed by atoms with Gasteiger partial charge in [-0.3, -0.25) is 5.41 Å². The molecule has 0 aliphatic carbocycles. The summed E-state index contributed by atoms with van der Waals surface area (Å²) in [5.41, 5.74) is 6.32. The highest BCUT2D eigenvalue weighted by Gasteiger charge is 2.05. The Morgan fingerprint density at radius 1 is 1.44 bits per heavy atom. The molecule has 0 aliphatic heterocycles. The van der Waals surface area contributed by atoms with Gasteiger partial charge >= 0.3 is 0 Å². The predicted octanol–water partition coefficient (Wildman–Crippen LogP) is 2.75. The minimum absolute atomic E-state index is 0.203. The topological polar surface area (TPSA) is 53.1 Å². The van der Waals surface area contributed by atoms with Crippen LogP contribution < -0.4 is 5.73 Å². The quantitative estimate of drug-likeness (QED) is 0.631. The van der Waals surface area contributed by atoms with Crippen molar-refractivity contribution in [2.45, 2.75) is 13.0 Å². The summed E-state index contributed by atoms with van der Waals surface area (Å²) in [6, 6.07) is 5.47. The number of halogens is 2. The third kappa shape index (κ3) is 4.39. The molecule has 16 heavy (non-hydrogen) atoms. The molecule has 0 bridgehead atoms. The van der Waals surface area contributed by atoms with Gasteiger partial charge in [-0.1, -0.05) is 29.3 Å². The number of nitrogens with two attached hydrogens (primary N) is 1. The molecule has 0 unspecified atom stereocenters. The second kappa shape index (κ2) is 6.09. The maximum Gasteiger partial charge on any atom is 0.0918 e. The standard InChI is InChI=1S/C11H15Cl2N3/c1-16(5-4-11(14)15)7-8-2-3-9(12)6-10(8)13/h2-3,6H,4-5,7H2,1H3,(H3,14,15). The van der Waals surface area contributed by atoms with Gasteiger partial charge in [0.15, 0.2) is 0 Å². The number of benzene rings is 1. The summed E-state index contributed by atoms with van der Waals surface area (Å²) in [6.07, 6.45) is 0.571. The van der Waals surface area contributed by atoms with Gasteiger partial charge in [0.05, 0.1) is 5.84 Å². The van der Waals surface area contributed by atoms with Crippen LogP contribution in [0.1, 0.15) is 12.0 Å². The highest BCUT2D eigenvalue weighted by atomic mass is 35.5. The van der Waals surface area contributed by atoms with E-state index in [1.54, 1.807) is 6.07 Å². The number of hydrogen-bond acceptors (Lipinski definition) is 2. The normalized spacial score (nSPS) is 10.8. The van der Waals surface area contributed by atoms with Crippen LogP contribution in [0, 0.1) is 5.41 Å². The summed E-state index contributed by atoms with van der Waals surface area (Å²) < 4.78 is 0. The number of nitrogens with zero attached hydrogens (tertiary/aromatic N) is 1. The molecule has 1 rings (SSSR count). The Morgan fingerprint density at radius 2 is 2.12 bits per heavy atom. The zero-order valence-electron chi connectivity index (χ0n) is 9.13. The average molecular weight is 260 g/mol. The van der Waals surface area contributed by atoms with Crippen LogP contribution in [-0.2, 0) is 6.54 Å². The zero-order valence-corrected chi connectivity index (χ0v) is 10.6. The van der Waals surface area contributed by atoms with Crippen molar-refractivity contribution in [1.82, 2.24) is 4.90 Å². The van der Waals surface area contributed by atoms with E-state index in [1.165, 1.54) is 0 Å². The zero-order chi connectivity index (χ0) is 12.1. The smallest absolute Gasteiger partial charge is 0.0918 e. The average Bonchev–Trinajstić information content (AvgIpc) is 2.19. The second-order valence-electron chi connectivity index (χ2n) is 3.75. The van der Waals surface area contributed by atoms with Crippen LogP contribution in [0.4, 0.5) is 0 Å². The van der Waals surface area contributed by atoms with Crippen LogP contribution in [0.2, 0.25) is 10.0 Å². The fourth-order valence-corrected chi connectivity index (χ4v) is 1.80. The third-order valence-corrected chi connectivity index (χ3v) is 2.81. The van der Waals surface area contributed by atoms with Crippen molar-refractivity contribution < 1.29 is 0 Å². The molecule has 0 amide bonds. The van der Waals surface area contributed by atoms with Gasteiger partial charge in [-0.2, -0.15) is 0 Å². The maximum atomic E-state index is 7.15. The molecule has 0 aromatic heterocycles. The van der Waals surface area contributed by atoms with Crippen LogP contribution in [0.25, 0.3) is 0 Å². The minimum Gasteiger partial charge on any atom is -0.388 e. The van der Waals surface area contributed by atoms with Gasteiger partial charge in [0.2, 0.25) is 0 Å². The molecule has 0 saturated carbocycles. The molecule has 88 valence electrons. The first-order valence-electron chi connectivity index (χ1n) is 4.94. The van der Waals surface area contributed by atoms with E-state index < -0.39 is 0 Å². The molecule has 3 nitrogen and oxygen atoms in total. The van der Waals surface area contributed by atoms with Crippen molar-refractivity contribution in [3.8, 4) is 0 Å². The summed E-state index contributed by atoms with van der Waals surface area (Å²) in [7, 11) is 1.97. The van der Waals surface area contributed by atoms with Crippen molar-refractivity contribution in [3.05, 3.63) is 33.8 Å². The first kappa shape index (κ1) is 13.3. The van der Waals surface area contributed by atoms with E-state index in [9.17, 15) is 0 Å². The van der Waals surface area contributed by atoms with Crippen LogP contribution in [0.5, 0.6) is 0 Å². The molecule has 0 radical (unpaired) electrons. The predicted molar refractivity (Wildman–Crippen MR) is 69.3 cm³/mol. The molecule has 3 N–H and O–H groups in total. The van der Waals surface area contributed by atoms with Gasteiger partial charge in [0, 0.05) is 29.6 Å². The molecule has 0 fully saturated rings. The van der Waals surface area contributed by atoms with Crippen molar-refractivity contribution in [3.63, 3.8) is 0 Å². The highest BCUT2D eigenvalue weighted by Crippen LogP contribution is 2.21. The number of hydrogen-bond donors (Lipinski definition) is 2. The molecule has 1 aromatic rings. The van der Waals surface area contributed by atoms with E-state index in [-0.39, 0.29) is 5.84 Å². The summed E-state index contributed by atoms with van der Waals surface area (Å²) in [5.74, 6) is 0.203. The van der Waals surface area contributed by atoms with E-state index in [1.807, 2.05) is 19.2 Å². The monoisotopic (exact) mass is 259 g/mol. The molecule has 0 heterocycles. The Bertz CT molecular complexity index is 379. The Balaban J connectivity index is 2.55. The van der Waals surface area contributed by atoms with Crippen LogP contribution in [0.3, 0.4) is 0 Å². The lowest BCUT2D eigenvalue weighted by Gasteiger charge is -2.17. The SMILES string of the molecule is CN(CCC(=N)N)Cc1ccc(Cl)cc1Cl.